The van der Waals surface area contributed by atoms with Crippen LogP contribution < -0.4 is 16.6 Å². The second-order valence-corrected chi connectivity index (χ2v) is 2.81. The van der Waals surface area contributed by atoms with E-state index in [-0.39, 0.29) is 0 Å². The summed E-state index contributed by atoms with van der Waals surface area (Å²) in [5, 5.41) is 2.65. The Bertz CT molecular complexity index is 367. The molecule has 0 saturated heterocycles. The summed E-state index contributed by atoms with van der Waals surface area (Å²) in [5.41, 5.74) is 2.07. The summed E-state index contributed by atoms with van der Waals surface area (Å²) in [6, 6.07) is 6.56. The minimum atomic E-state index is -0.926. The zero-order valence-corrected chi connectivity index (χ0v) is 7.84. The molecule has 74 valence electrons. The predicted molar refractivity (Wildman–Crippen MR) is 52.4 cm³/mol. The molecule has 0 atom stereocenters. The summed E-state index contributed by atoms with van der Waals surface area (Å²) in [4.78, 5) is 21.8. The molecule has 0 aliphatic carbocycles. The number of anilines is 1. The zero-order chi connectivity index (χ0) is 10.6. The molecule has 0 fully saturated rings. The molecule has 1 aromatic carbocycles. The lowest BCUT2D eigenvalue weighted by atomic mass is 10.3. The molecular weight excluding hydrogens is 206 g/mol. The van der Waals surface area contributed by atoms with E-state index in [4.69, 9.17) is 17.4 Å². The van der Waals surface area contributed by atoms with Gasteiger partial charge in [-0.1, -0.05) is 23.7 Å². The number of halogens is 1. The zero-order valence-electron chi connectivity index (χ0n) is 7.08. The number of hydrogen-bond donors (Lipinski definition) is 3. The van der Waals surface area contributed by atoms with E-state index in [9.17, 15) is 9.59 Å². The first kappa shape index (κ1) is 10.5. The Morgan fingerprint density at radius 3 is 2.43 bits per heavy atom. The van der Waals surface area contributed by atoms with Gasteiger partial charge in [-0.05, 0) is 12.1 Å². The molecule has 6 heteroatoms. The molecule has 0 bridgehead atoms. The van der Waals surface area contributed by atoms with Crippen molar-refractivity contribution in [2.45, 2.75) is 0 Å². The maximum atomic E-state index is 11.0. The van der Waals surface area contributed by atoms with Gasteiger partial charge in [0, 0.05) is 0 Å². The van der Waals surface area contributed by atoms with Gasteiger partial charge in [0.25, 0.3) is 0 Å². The highest BCUT2D eigenvalue weighted by Crippen LogP contribution is 2.19. The third-order valence-electron chi connectivity index (χ3n) is 1.46. The fourth-order valence-corrected chi connectivity index (χ4v) is 0.990. The van der Waals surface area contributed by atoms with Crippen LogP contribution in [0.5, 0.6) is 0 Å². The lowest BCUT2D eigenvalue weighted by Crippen LogP contribution is -2.39. The second kappa shape index (κ2) is 4.59. The van der Waals surface area contributed by atoms with E-state index in [0.29, 0.717) is 10.7 Å². The lowest BCUT2D eigenvalue weighted by Gasteiger charge is -2.04. The number of carbonyl (C=O) groups excluding carboxylic acids is 2. The fourth-order valence-electron chi connectivity index (χ4n) is 0.807. The molecule has 2 amide bonds. The summed E-state index contributed by atoms with van der Waals surface area (Å²) in [7, 11) is 0. The number of carbonyl (C=O) groups is 2. The maximum Gasteiger partial charge on any atom is 0.323 e. The normalized spacial score (nSPS) is 9.29. The molecular formula is C8H8ClN3O2. The van der Waals surface area contributed by atoms with E-state index in [2.05, 4.69) is 5.32 Å². The quantitative estimate of drug-likeness (QED) is 0.271. The van der Waals surface area contributed by atoms with Gasteiger partial charge in [-0.15, -0.1) is 0 Å². The third kappa shape index (κ3) is 2.45. The number of hydrazine groups is 1. The van der Waals surface area contributed by atoms with E-state index in [1.807, 2.05) is 0 Å². The molecule has 1 rings (SSSR count). The number of amides is 2. The minimum absolute atomic E-state index is 0.352. The predicted octanol–water partition coefficient (Wildman–Crippen LogP) is 0.268. The summed E-state index contributed by atoms with van der Waals surface area (Å²) in [6.45, 7) is 0. The molecule has 0 aliphatic heterocycles. The highest BCUT2D eigenvalue weighted by Gasteiger charge is 2.12. The average Bonchev–Trinajstić information content (AvgIpc) is 2.20. The Morgan fingerprint density at radius 2 is 1.86 bits per heavy atom. The van der Waals surface area contributed by atoms with Crippen molar-refractivity contribution in [3.8, 4) is 0 Å². The summed E-state index contributed by atoms with van der Waals surface area (Å²) in [6.07, 6.45) is 0. The maximum absolute atomic E-state index is 11.0. The van der Waals surface area contributed by atoms with Crippen LogP contribution in [0.25, 0.3) is 0 Å². The second-order valence-electron chi connectivity index (χ2n) is 2.41. The van der Waals surface area contributed by atoms with E-state index in [0.717, 1.165) is 0 Å². The number of nitrogens with one attached hydrogen (secondary N) is 2. The monoisotopic (exact) mass is 213 g/mol. The van der Waals surface area contributed by atoms with Crippen LogP contribution in [-0.4, -0.2) is 11.8 Å². The molecule has 0 aromatic heterocycles. The molecule has 0 aliphatic rings. The average molecular weight is 214 g/mol. The van der Waals surface area contributed by atoms with Gasteiger partial charge in [0.1, 0.15) is 0 Å². The van der Waals surface area contributed by atoms with Crippen molar-refractivity contribution in [1.29, 1.82) is 0 Å². The highest BCUT2D eigenvalue weighted by atomic mass is 35.5. The van der Waals surface area contributed by atoms with Crippen molar-refractivity contribution in [2.24, 2.45) is 5.84 Å². The van der Waals surface area contributed by atoms with Crippen LogP contribution in [0.4, 0.5) is 5.69 Å². The number of nitrogens with two attached hydrogens (primary N) is 1. The smallest absolute Gasteiger partial charge is 0.316 e. The number of hydrogen-bond acceptors (Lipinski definition) is 3. The molecule has 0 radical (unpaired) electrons. The van der Waals surface area contributed by atoms with Crippen molar-refractivity contribution in [1.82, 2.24) is 5.43 Å². The van der Waals surface area contributed by atoms with Crippen LogP contribution in [0.3, 0.4) is 0 Å². The summed E-state index contributed by atoms with van der Waals surface area (Å²) in [5.74, 6) is 2.98. The Labute approximate surface area is 85.2 Å². The molecule has 5 nitrogen and oxygen atoms in total. The molecule has 0 unspecified atom stereocenters. The molecule has 0 heterocycles. The number of rotatable bonds is 1. The SMILES string of the molecule is NNC(=O)C(=O)Nc1ccccc1Cl. The van der Waals surface area contributed by atoms with Crippen LogP contribution in [0, 0.1) is 0 Å². The first-order valence-electron chi connectivity index (χ1n) is 3.71. The van der Waals surface area contributed by atoms with E-state index < -0.39 is 11.8 Å². The summed E-state index contributed by atoms with van der Waals surface area (Å²) < 4.78 is 0. The van der Waals surface area contributed by atoms with E-state index in [1.165, 1.54) is 0 Å². The standard InChI is InChI=1S/C8H8ClN3O2/c9-5-3-1-2-4-6(5)11-7(13)8(14)12-10/h1-4H,10H2,(H,11,13)(H,12,14). The topological polar surface area (TPSA) is 84.2 Å². The fraction of sp³-hybridized carbons (Fsp3) is 0. The first-order chi connectivity index (χ1) is 6.65. The highest BCUT2D eigenvalue weighted by molar-refractivity contribution is 6.41. The van der Waals surface area contributed by atoms with Crippen LogP contribution in [-0.2, 0) is 9.59 Å². The Hall–Kier alpha value is -1.59. The van der Waals surface area contributed by atoms with Crippen molar-refractivity contribution >= 4 is 29.1 Å². The van der Waals surface area contributed by atoms with E-state index >= 15 is 0 Å². The summed E-state index contributed by atoms with van der Waals surface area (Å²) >= 11 is 5.74. The van der Waals surface area contributed by atoms with Gasteiger partial charge in [0.2, 0.25) is 0 Å². The van der Waals surface area contributed by atoms with Gasteiger partial charge in [0.15, 0.2) is 0 Å². The van der Waals surface area contributed by atoms with Crippen LogP contribution >= 0.6 is 11.6 Å². The van der Waals surface area contributed by atoms with Gasteiger partial charge < -0.3 is 5.32 Å². The van der Waals surface area contributed by atoms with Gasteiger partial charge in [-0.3, -0.25) is 15.0 Å². The first-order valence-corrected chi connectivity index (χ1v) is 4.09. The van der Waals surface area contributed by atoms with Crippen molar-refractivity contribution in [2.75, 3.05) is 5.32 Å². The number of para-hydroxylation sites is 1. The molecule has 4 N–H and O–H groups in total. The van der Waals surface area contributed by atoms with Gasteiger partial charge >= 0.3 is 11.8 Å². The lowest BCUT2D eigenvalue weighted by molar-refractivity contribution is -0.136. The molecule has 0 spiro atoms. The Balaban J connectivity index is 2.75. The van der Waals surface area contributed by atoms with Gasteiger partial charge in [-0.25, -0.2) is 5.84 Å². The Kier molecular flexibility index (Phi) is 3.44. The van der Waals surface area contributed by atoms with E-state index in [1.54, 1.807) is 29.7 Å². The Morgan fingerprint density at radius 1 is 1.21 bits per heavy atom. The van der Waals surface area contributed by atoms with Crippen LogP contribution in [0.2, 0.25) is 5.02 Å². The minimum Gasteiger partial charge on any atom is -0.316 e. The van der Waals surface area contributed by atoms with Crippen molar-refractivity contribution < 1.29 is 9.59 Å². The largest absolute Gasteiger partial charge is 0.323 e. The van der Waals surface area contributed by atoms with Crippen LogP contribution in [0.1, 0.15) is 0 Å². The van der Waals surface area contributed by atoms with Gasteiger partial charge in [-0.2, -0.15) is 0 Å². The number of benzene rings is 1. The molecule has 14 heavy (non-hydrogen) atoms. The van der Waals surface area contributed by atoms with Gasteiger partial charge in [0.05, 0.1) is 10.7 Å². The van der Waals surface area contributed by atoms with Crippen molar-refractivity contribution in [3.05, 3.63) is 29.3 Å². The third-order valence-corrected chi connectivity index (χ3v) is 1.79. The molecule has 0 saturated carbocycles. The molecule has 1 aromatic rings. The van der Waals surface area contributed by atoms with Crippen LogP contribution in [0.15, 0.2) is 24.3 Å². The van der Waals surface area contributed by atoms with Crippen molar-refractivity contribution in [3.63, 3.8) is 0 Å².